The highest BCUT2D eigenvalue weighted by Gasteiger charge is 2.46. The standard InChI is InChI=1S/C10H17N3O4.C5H11NO2/c1-2-5-17-11-9(14)8-4-3-7-6-12(8)10(15)13(7)16;1-5(2,3)8-4(6)7/h7-8,16H,2-6H2,1H3,(H,11,14);1-3H3,(H2,6,7)/t7?,8-;/m0./s1. The fourth-order valence-corrected chi connectivity index (χ4v) is 2.52. The Morgan fingerprint density at radius 3 is 2.48 bits per heavy atom. The van der Waals surface area contributed by atoms with Crippen LogP contribution in [0.1, 0.15) is 47.0 Å². The van der Waals surface area contributed by atoms with Gasteiger partial charge in [-0.25, -0.2) is 20.1 Å². The fourth-order valence-electron chi connectivity index (χ4n) is 2.52. The average molecular weight is 360 g/mol. The molecule has 2 aliphatic heterocycles. The maximum absolute atomic E-state index is 11.8. The minimum Gasteiger partial charge on any atom is -0.444 e. The second kappa shape index (κ2) is 8.86. The molecule has 10 nitrogen and oxygen atoms in total. The largest absolute Gasteiger partial charge is 0.444 e. The SMILES string of the molecule is CC(C)(C)OC(N)=O.CCCONC(=O)[C@@H]1CCC2CN1C(=O)N2O. The lowest BCUT2D eigenvalue weighted by atomic mass is 10.0. The Labute approximate surface area is 147 Å². The number of hydrogen-bond donors (Lipinski definition) is 3. The summed E-state index contributed by atoms with van der Waals surface area (Å²) in [4.78, 5) is 39.8. The summed E-state index contributed by atoms with van der Waals surface area (Å²) >= 11 is 0. The molecular formula is C15H28N4O6. The number of hydroxylamine groups is 3. The summed E-state index contributed by atoms with van der Waals surface area (Å²) in [7, 11) is 0. The molecule has 0 aromatic rings. The summed E-state index contributed by atoms with van der Waals surface area (Å²) in [6.45, 7) is 8.07. The molecule has 2 atom stereocenters. The van der Waals surface area contributed by atoms with E-state index < -0.39 is 23.8 Å². The van der Waals surface area contributed by atoms with Gasteiger partial charge in [-0.3, -0.25) is 14.8 Å². The Balaban J connectivity index is 0.000000333. The topological polar surface area (TPSA) is 134 Å². The zero-order valence-electron chi connectivity index (χ0n) is 15.2. The van der Waals surface area contributed by atoms with Gasteiger partial charge in [-0.05, 0) is 40.0 Å². The van der Waals surface area contributed by atoms with Crippen LogP contribution in [0.25, 0.3) is 0 Å². The van der Waals surface area contributed by atoms with Gasteiger partial charge in [-0.2, -0.15) is 0 Å². The van der Waals surface area contributed by atoms with Gasteiger partial charge in [0.1, 0.15) is 11.6 Å². The van der Waals surface area contributed by atoms with Gasteiger partial charge < -0.3 is 15.4 Å². The molecule has 2 heterocycles. The highest BCUT2D eigenvalue weighted by atomic mass is 16.7. The van der Waals surface area contributed by atoms with Crippen LogP contribution in [0, 0.1) is 0 Å². The van der Waals surface area contributed by atoms with E-state index >= 15 is 0 Å². The van der Waals surface area contributed by atoms with Crippen LogP contribution >= 0.6 is 0 Å². The molecule has 25 heavy (non-hydrogen) atoms. The van der Waals surface area contributed by atoms with Crippen molar-refractivity contribution in [2.45, 2.75) is 64.6 Å². The van der Waals surface area contributed by atoms with Crippen LogP contribution in [-0.2, 0) is 14.4 Å². The second-order valence-corrected chi connectivity index (χ2v) is 6.87. The van der Waals surface area contributed by atoms with E-state index in [9.17, 15) is 19.6 Å². The third-order valence-electron chi connectivity index (χ3n) is 3.53. The van der Waals surface area contributed by atoms with Gasteiger partial charge in [0.05, 0.1) is 12.6 Å². The first kappa shape index (κ1) is 21.0. The number of nitrogens with two attached hydrogens (primary N) is 1. The fraction of sp³-hybridized carbons (Fsp3) is 0.800. The van der Waals surface area contributed by atoms with E-state index in [1.807, 2.05) is 6.92 Å². The molecule has 2 saturated heterocycles. The first-order valence-electron chi connectivity index (χ1n) is 8.25. The minimum atomic E-state index is -0.725. The maximum Gasteiger partial charge on any atom is 0.405 e. The van der Waals surface area contributed by atoms with E-state index in [2.05, 4.69) is 10.2 Å². The first-order valence-corrected chi connectivity index (χ1v) is 8.25. The second-order valence-electron chi connectivity index (χ2n) is 6.87. The van der Waals surface area contributed by atoms with Crippen LogP contribution in [0.2, 0.25) is 0 Å². The van der Waals surface area contributed by atoms with Crippen LogP contribution in [-0.4, -0.2) is 64.0 Å². The van der Waals surface area contributed by atoms with Gasteiger partial charge >= 0.3 is 12.1 Å². The highest BCUT2D eigenvalue weighted by molar-refractivity contribution is 5.87. The number of urea groups is 1. The molecular weight excluding hydrogens is 332 g/mol. The normalized spacial score (nSPS) is 22.2. The lowest BCUT2D eigenvalue weighted by molar-refractivity contribution is -0.138. The monoisotopic (exact) mass is 360 g/mol. The molecule has 2 bridgehead atoms. The summed E-state index contributed by atoms with van der Waals surface area (Å²) < 4.78 is 4.58. The Hall–Kier alpha value is -2.07. The molecule has 0 radical (unpaired) electrons. The summed E-state index contributed by atoms with van der Waals surface area (Å²) in [6.07, 6.45) is 1.26. The lowest BCUT2D eigenvalue weighted by Gasteiger charge is -2.28. The number of primary amides is 1. The molecule has 2 fully saturated rings. The minimum absolute atomic E-state index is 0.178. The van der Waals surface area contributed by atoms with E-state index in [0.717, 1.165) is 11.5 Å². The van der Waals surface area contributed by atoms with Crippen molar-refractivity contribution in [3.63, 3.8) is 0 Å². The number of carbonyl (C=O) groups excluding carboxylic acids is 3. The molecule has 0 aromatic heterocycles. The van der Waals surface area contributed by atoms with E-state index in [0.29, 0.717) is 26.0 Å². The van der Waals surface area contributed by atoms with Crippen molar-refractivity contribution in [3.8, 4) is 0 Å². The number of nitrogens with zero attached hydrogens (tertiary/aromatic N) is 2. The van der Waals surface area contributed by atoms with E-state index in [1.165, 1.54) is 4.90 Å². The van der Waals surface area contributed by atoms with Crippen molar-refractivity contribution >= 4 is 18.0 Å². The molecule has 0 spiro atoms. The molecule has 0 aromatic carbocycles. The van der Waals surface area contributed by atoms with Crippen molar-refractivity contribution < 1.29 is 29.2 Å². The quantitative estimate of drug-likeness (QED) is 0.389. The number of ether oxygens (including phenoxy) is 1. The summed E-state index contributed by atoms with van der Waals surface area (Å²) in [5.74, 6) is -0.319. The van der Waals surface area contributed by atoms with Crippen molar-refractivity contribution in [2.24, 2.45) is 5.73 Å². The van der Waals surface area contributed by atoms with E-state index in [1.54, 1.807) is 20.8 Å². The summed E-state index contributed by atoms with van der Waals surface area (Å²) in [5, 5.41) is 10.2. The highest BCUT2D eigenvalue weighted by Crippen LogP contribution is 2.28. The maximum atomic E-state index is 11.8. The number of carbonyl (C=O) groups is 3. The zero-order valence-corrected chi connectivity index (χ0v) is 15.2. The van der Waals surface area contributed by atoms with Gasteiger partial charge in [0.25, 0.3) is 5.91 Å². The molecule has 144 valence electrons. The number of hydrogen-bond acceptors (Lipinski definition) is 6. The Bertz CT molecular complexity index is 493. The molecule has 0 saturated carbocycles. The van der Waals surface area contributed by atoms with Crippen LogP contribution < -0.4 is 11.2 Å². The molecule has 10 heteroatoms. The predicted octanol–water partition coefficient (Wildman–Crippen LogP) is 0.982. The Morgan fingerprint density at radius 2 is 2.00 bits per heavy atom. The van der Waals surface area contributed by atoms with Crippen molar-refractivity contribution in [1.82, 2.24) is 15.4 Å². The molecule has 0 aliphatic carbocycles. The Kier molecular flexibility index (Phi) is 7.43. The van der Waals surface area contributed by atoms with Crippen molar-refractivity contribution in [2.75, 3.05) is 13.2 Å². The Morgan fingerprint density at radius 1 is 1.36 bits per heavy atom. The summed E-state index contributed by atoms with van der Waals surface area (Å²) in [5.41, 5.74) is 6.60. The van der Waals surface area contributed by atoms with Gasteiger partial charge in [0.15, 0.2) is 0 Å². The number of rotatable bonds is 4. The van der Waals surface area contributed by atoms with Crippen LogP contribution in [0.3, 0.4) is 0 Å². The third-order valence-corrected chi connectivity index (χ3v) is 3.53. The first-order chi connectivity index (χ1) is 11.6. The van der Waals surface area contributed by atoms with Crippen LogP contribution in [0.4, 0.5) is 9.59 Å². The number of amides is 4. The van der Waals surface area contributed by atoms with E-state index in [-0.39, 0.29) is 11.9 Å². The molecule has 4 amide bonds. The van der Waals surface area contributed by atoms with E-state index in [4.69, 9.17) is 10.6 Å². The molecule has 2 rings (SSSR count). The predicted molar refractivity (Wildman–Crippen MR) is 87.3 cm³/mol. The molecule has 4 N–H and O–H groups in total. The molecule has 2 aliphatic rings. The smallest absolute Gasteiger partial charge is 0.405 e. The van der Waals surface area contributed by atoms with Crippen LogP contribution in [0.15, 0.2) is 0 Å². The van der Waals surface area contributed by atoms with Gasteiger partial charge in [0, 0.05) is 6.54 Å². The molecule has 1 unspecified atom stereocenters. The van der Waals surface area contributed by atoms with Crippen molar-refractivity contribution in [1.29, 1.82) is 0 Å². The summed E-state index contributed by atoms with van der Waals surface area (Å²) in [6, 6.07) is -1.21. The average Bonchev–Trinajstić information content (AvgIpc) is 2.70. The van der Waals surface area contributed by atoms with Gasteiger partial charge in [-0.15, -0.1) is 0 Å². The third kappa shape index (κ3) is 6.39. The number of piperidine rings is 1. The number of nitrogens with one attached hydrogen (secondary N) is 1. The van der Waals surface area contributed by atoms with Crippen LogP contribution in [0.5, 0.6) is 0 Å². The van der Waals surface area contributed by atoms with Crippen molar-refractivity contribution in [3.05, 3.63) is 0 Å². The van der Waals surface area contributed by atoms with Gasteiger partial charge in [0.2, 0.25) is 0 Å². The zero-order chi connectivity index (χ0) is 19.2. The van der Waals surface area contributed by atoms with Gasteiger partial charge in [-0.1, -0.05) is 6.92 Å². The lowest BCUT2D eigenvalue weighted by Crippen LogP contribution is -2.49. The number of fused-ring (bicyclic) bond motifs is 2.